The Morgan fingerprint density at radius 3 is 2.71 bits per heavy atom. The van der Waals surface area contributed by atoms with E-state index in [0.29, 0.717) is 52.4 Å². The molecule has 0 atom stereocenters. The van der Waals surface area contributed by atoms with Crippen LogP contribution in [0.2, 0.25) is 5.02 Å². The average molecular weight is 681 g/mol. The second kappa shape index (κ2) is 14.1. The second-order valence-corrected chi connectivity index (χ2v) is 15.1. The Kier molecular flexibility index (Phi) is 9.79. The maximum Gasteiger partial charge on any atom is 0.255 e. The van der Waals surface area contributed by atoms with Crippen LogP contribution in [0.4, 0.5) is 5.69 Å². The van der Waals surface area contributed by atoms with Crippen LogP contribution in [-0.2, 0) is 28.6 Å². The summed E-state index contributed by atoms with van der Waals surface area (Å²) in [6, 6.07) is 19.0. The van der Waals surface area contributed by atoms with Crippen molar-refractivity contribution in [3.8, 4) is 5.75 Å². The number of H-pyrrole nitrogens is 1. The van der Waals surface area contributed by atoms with Gasteiger partial charge in [0.15, 0.2) is 16.4 Å². The van der Waals surface area contributed by atoms with Crippen molar-refractivity contribution in [2.75, 3.05) is 11.1 Å². The van der Waals surface area contributed by atoms with Crippen molar-refractivity contribution in [1.29, 1.82) is 0 Å². The number of para-hydroxylation sites is 2. The Bertz CT molecular complexity index is 1880. The fourth-order valence-corrected chi connectivity index (χ4v) is 7.97. The third-order valence-electron chi connectivity index (χ3n) is 7.09. The van der Waals surface area contributed by atoms with Crippen LogP contribution in [0, 0.1) is 0 Å². The molecule has 14 heteroatoms. The lowest BCUT2D eigenvalue weighted by Gasteiger charge is -2.13. The van der Waals surface area contributed by atoms with Crippen LogP contribution in [0.3, 0.4) is 0 Å². The lowest BCUT2D eigenvalue weighted by atomic mass is 10.1. The largest absolute Gasteiger partial charge is 0.483 e. The lowest BCUT2D eigenvalue weighted by Crippen LogP contribution is -2.14. The number of ether oxygens (including phenoxy) is 1. The Balaban J connectivity index is 1.18. The van der Waals surface area contributed by atoms with Crippen molar-refractivity contribution in [3.63, 3.8) is 0 Å². The molecule has 1 amide bonds. The molecular formula is C31H29ClN6O4S3. The van der Waals surface area contributed by atoms with Gasteiger partial charge in [0.2, 0.25) is 5.82 Å². The summed E-state index contributed by atoms with van der Waals surface area (Å²) in [6.45, 7) is 0.0812. The number of thiazole rings is 1. The summed E-state index contributed by atoms with van der Waals surface area (Å²) >= 11 is 9.20. The molecule has 232 valence electrons. The summed E-state index contributed by atoms with van der Waals surface area (Å²) in [4.78, 5) is 19.5. The smallest absolute Gasteiger partial charge is 0.255 e. The van der Waals surface area contributed by atoms with Gasteiger partial charge in [0.25, 0.3) is 5.91 Å². The predicted octanol–water partition coefficient (Wildman–Crippen LogP) is 6.72. The maximum absolute atomic E-state index is 13.6. The van der Waals surface area contributed by atoms with Crippen molar-refractivity contribution in [3.05, 3.63) is 105 Å². The first kappa shape index (κ1) is 31.2. The van der Waals surface area contributed by atoms with Crippen LogP contribution in [-0.4, -0.2) is 45.7 Å². The first-order chi connectivity index (χ1) is 21.8. The van der Waals surface area contributed by atoms with Gasteiger partial charge in [0.05, 0.1) is 27.8 Å². The van der Waals surface area contributed by atoms with E-state index < -0.39 is 9.84 Å². The molecule has 0 radical (unpaired) electrons. The van der Waals surface area contributed by atoms with E-state index in [1.807, 2.05) is 24.3 Å². The highest BCUT2D eigenvalue weighted by Gasteiger charge is 2.26. The van der Waals surface area contributed by atoms with Crippen molar-refractivity contribution >= 4 is 56.1 Å². The van der Waals surface area contributed by atoms with Crippen LogP contribution in [0.15, 0.2) is 81.9 Å². The molecule has 0 saturated heterocycles. The molecule has 2 N–H and O–H groups in total. The molecule has 10 nitrogen and oxygen atoms in total. The zero-order valence-corrected chi connectivity index (χ0v) is 27.2. The Morgan fingerprint density at radius 2 is 1.93 bits per heavy atom. The molecule has 0 unspecified atom stereocenters. The van der Waals surface area contributed by atoms with E-state index in [-0.39, 0.29) is 23.2 Å². The molecule has 5 aromatic rings. The Labute approximate surface area is 273 Å². The molecule has 1 aliphatic carbocycles. The van der Waals surface area contributed by atoms with Crippen LogP contribution >= 0.6 is 34.7 Å². The molecule has 3 aromatic carbocycles. The number of rotatable bonds is 14. The summed E-state index contributed by atoms with van der Waals surface area (Å²) < 4.78 is 31.7. The van der Waals surface area contributed by atoms with E-state index in [0.717, 1.165) is 15.5 Å². The van der Waals surface area contributed by atoms with Gasteiger partial charge in [0, 0.05) is 26.8 Å². The number of sulfone groups is 1. The summed E-state index contributed by atoms with van der Waals surface area (Å²) in [5, 5.41) is 20.3. The number of benzene rings is 3. The molecule has 0 aliphatic heterocycles. The second-order valence-electron chi connectivity index (χ2n) is 10.5. The van der Waals surface area contributed by atoms with Crippen LogP contribution in [0.1, 0.15) is 57.6 Å². The van der Waals surface area contributed by atoms with Crippen LogP contribution in [0.25, 0.3) is 0 Å². The first-order valence-corrected chi connectivity index (χ1v) is 18.2. The number of tetrazole rings is 1. The van der Waals surface area contributed by atoms with Gasteiger partial charge in [-0.2, -0.15) is 5.21 Å². The topological polar surface area (TPSA) is 140 Å². The van der Waals surface area contributed by atoms with Crippen LogP contribution in [0.5, 0.6) is 5.75 Å². The van der Waals surface area contributed by atoms with Gasteiger partial charge in [-0.05, 0) is 85.8 Å². The van der Waals surface area contributed by atoms with Crippen molar-refractivity contribution < 1.29 is 17.9 Å². The van der Waals surface area contributed by atoms with Crippen molar-refractivity contribution in [1.82, 2.24) is 25.6 Å². The van der Waals surface area contributed by atoms with E-state index in [1.54, 1.807) is 53.4 Å². The van der Waals surface area contributed by atoms with Gasteiger partial charge >= 0.3 is 0 Å². The predicted molar refractivity (Wildman–Crippen MR) is 175 cm³/mol. The first-order valence-electron chi connectivity index (χ1n) is 14.3. The van der Waals surface area contributed by atoms with Crippen molar-refractivity contribution in [2.45, 2.75) is 53.8 Å². The molecule has 2 heterocycles. The minimum absolute atomic E-state index is 0.0261. The van der Waals surface area contributed by atoms with E-state index >= 15 is 0 Å². The minimum Gasteiger partial charge on any atom is -0.483 e. The van der Waals surface area contributed by atoms with Crippen molar-refractivity contribution in [2.24, 2.45) is 0 Å². The fraction of sp³-hybridized carbons (Fsp3) is 0.258. The summed E-state index contributed by atoms with van der Waals surface area (Å²) in [7, 11) is -3.48. The number of halogens is 1. The third kappa shape index (κ3) is 8.48. The SMILES string of the molecule is O=C(Nc1ccccc1OCc1nn[nH]n1)c1cc(CCCS(=O)(=O)c2ccc(Cl)cc2)cc(SCc2nc(C3CC3)cs2)c1. The number of anilines is 1. The summed E-state index contributed by atoms with van der Waals surface area (Å²) in [5.41, 5.74) is 3.00. The zero-order chi connectivity index (χ0) is 31.2. The van der Waals surface area contributed by atoms with Gasteiger partial charge < -0.3 is 10.1 Å². The quantitative estimate of drug-likeness (QED) is 0.122. The number of thioether (sulfide) groups is 1. The number of nitrogens with zero attached hydrogens (tertiary/aromatic N) is 4. The lowest BCUT2D eigenvalue weighted by molar-refractivity contribution is 0.102. The van der Waals surface area contributed by atoms with E-state index in [2.05, 4.69) is 31.3 Å². The Morgan fingerprint density at radius 1 is 1.11 bits per heavy atom. The highest BCUT2D eigenvalue weighted by Crippen LogP contribution is 2.40. The zero-order valence-electron chi connectivity index (χ0n) is 24.0. The molecule has 0 bridgehead atoms. The molecule has 1 aliphatic rings. The van der Waals surface area contributed by atoms with E-state index in [9.17, 15) is 13.2 Å². The molecule has 1 saturated carbocycles. The number of aromatic amines is 1. The van der Waals surface area contributed by atoms with Crippen LogP contribution < -0.4 is 10.1 Å². The fourth-order valence-electron chi connectivity index (χ4n) is 4.62. The standard InChI is InChI=1S/C31H29ClN6O4S3/c32-23-9-11-25(12-10-23)45(40,41)13-3-4-20-14-22(16-24(15-20)43-19-30-33-27(18-44-30)21-7-8-21)31(39)34-26-5-1-2-6-28(26)42-17-29-35-37-38-36-29/h1-2,5-6,9-12,14-16,18,21H,3-4,7-8,13,17,19H2,(H,34,39)(H,35,36,37,38). The number of amides is 1. The summed E-state index contributed by atoms with van der Waals surface area (Å²) in [6.07, 6.45) is 3.28. The van der Waals surface area contributed by atoms with Gasteiger partial charge in [-0.25, -0.2) is 13.4 Å². The highest BCUT2D eigenvalue weighted by atomic mass is 35.5. The number of carbonyl (C=O) groups is 1. The molecule has 0 spiro atoms. The molecule has 2 aromatic heterocycles. The number of nitrogens with one attached hydrogen (secondary N) is 2. The summed E-state index contributed by atoms with van der Waals surface area (Å²) in [5.74, 6) is 1.79. The molecular weight excluding hydrogens is 652 g/mol. The van der Waals surface area contributed by atoms with Gasteiger partial charge in [-0.3, -0.25) is 4.79 Å². The molecule has 1 fully saturated rings. The normalized spacial score (nSPS) is 13.1. The third-order valence-corrected chi connectivity index (χ3v) is 11.2. The van der Waals surface area contributed by atoms with E-state index in [4.69, 9.17) is 21.3 Å². The average Bonchev–Trinajstić information content (AvgIpc) is 3.53. The Hall–Kier alpha value is -3.78. The minimum atomic E-state index is -3.48. The number of aryl methyl sites for hydroxylation is 1. The van der Waals surface area contributed by atoms with Gasteiger partial charge in [0.1, 0.15) is 10.8 Å². The number of aromatic nitrogens is 5. The van der Waals surface area contributed by atoms with Gasteiger partial charge in [-0.15, -0.1) is 33.3 Å². The van der Waals surface area contributed by atoms with Gasteiger partial charge in [-0.1, -0.05) is 28.9 Å². The highest BCUT2D eigenvalue weighted by molar-refractivity contribution is 7.98. The van der Waals surface area contributed by atoms with E-state index in [1.165, 1.54) is 30.7 Å². The number of hydrogen-bond donors (Lipinski definition) is 2. The number of carbonyl (C=O) groups excluding carboxylic acids is 1. The maximum atomic E-state index is 13.6. The molecule has 45 heavy (non-hydrogen) atoms. The number of hydrogen-bond acceptors (Lipinski definition) is 10. The molecule has 6 rings (SSSR count). The monoisotopic (exact) mass is 680 g/mol.